The summed E-state index contributed by atoms with van der Waals surface area (Å²) in [6.45, 7) is -0.169. The molecule has 0 fully saturated rings. The van der Waals surface area contributed by atoms with E-state index in [9.17, 15) is 9.18 Å². The zero-order chi connectivity index (χ0) is 14.7. The van der Waals surface area contributed by atoms with Gasteiger partial charge >= 0.3 is 0 Å². The number of amides is 1. The maximum absolute atomic E-state index is 12.7. The number of nitrogens with zero attached hydrogens (tertiary/aromatic N) is 2. The molecule has 0 aliphatic rings. The Kier molecular flexibility index (Phi) is 3.51. The van der Waals surface area contributed by atoms with E-state index >= 15 is 0 Å². The van der Waals surface area contributed by atoms with Crippen LogP contribution in [-0.2, 0) is 4.79 Å². The van der Waals surface area contributed by atoms with Crippen molar-refractivity contribution in [3.8, 4) is 5.75 Å². The largest absolute Gasteiger partial charge is 0.484 e. The van der Waals surface area contributed by atoms with E-state index in [0.717, 1.165) is 11.0 Å². The molecule has 6 heteroatoms. The van der Waals surface area contributed by atoms with Gasteiger partial charge in [-0.05, 0) is 36.4 Å². The smallest absolute Gasteiger partial charge is 0.276 e. The zero-order valence-electron chi connectivity index (χ0n) is 11.0. The van der Waals surface area contributed by atoms with Gasteiger partial charge in [0.2, 0.25) is 0 Å². The second-order valence-electron chi connectivity index (χ2n) is 4.38. The van der Waals surface area contributed by atoms with Crippen LogP contribution in [0.15, 0.2) is 54.9 Å². The highest BCUT2D eigenvalue weighted by Gasteiger charge is 2.06. The molecule has 21 heavy (non-hydrogen) atoms. The van der Waals surface area contributed by atoms with Crippen LogP contribution in [-0.4, -0.2) is 22.2 Å². The van der Waals surface area contributed by atoms with E-state index in [-0.39, 0.29) is 18.3 Å². The quantitative estimate of drug-likeness (QED) is 0.800. The second kappa shape index (κ2) is 5.62. The summed E-state index contributed by atoms with van der Waals surface area (Å²) < 4.78 is 19.5. The summed E-state index contributed by atoms with van der Waals surface area (Å²) >= 11 is 0. The number of imidazole rings is 1. The molecule has 106 valence electrons. The number of nitrogens with one attached hydrogen (secondary N) is 1. The molecule has 0 unspecified atom stereocenters. The first-order chi connectivity index (χ1) is 10.2. The molecule has 2 aromatic carbocycles. The Bertz CT molecular complexity index is 768. The van der Waals surface area contributed by atoms with Crippen molar-refractivity contribution < 1.29 is 13.9 Å². The Labute approximate surface area is 119 Å². The van der Waals surface area contributed by atoms with E-state index in [0.29, 0.717) is 5.75 Å². The summed E-state index contributed by atoms with van der Waals surface area (Å²) in [6.07, 6.45) is 1.53. The average Bonchev–Trinajstić information content (AvgIpc) is 2.90. The van der Waals surface area contributed by atoms with Crippen LogP contribution in [0.3, 0.4) is 0 Å². The lowest BCUT2D eigenvalue weighted by Crippen LogP contribution is -2.27. The van der Waals surface area contributed by atoms with Crippen molar-refractivity contribution in [2.75, 3.05) is 12.0 Å². The van der Waals surface area contributed by atoms with Crippen LogP contribution in [0.2, 0.25) is 0 Å². The van der Waals surface area contributed by atoms with E-state index in [2.05, 4.69) is 10.4 Å². The fourth-order valence-electron chi connectivity index (χ4n) is 1.89. The van der Waals surface area contributed by atoms with Gasteiger partial charge in [0, 0.05) is 0 Å². The summed E-state index contributed by atoms with van der Waals surface area (Å²) in [4.78, 5) is 16.0. The molecule has 0 spiro atoms. The second-order valence-corrected chi connectivity index (χ2v) is 4.38. The Balaban J connectivity index is 1.62. The molecule has 1 aromatic heterocycles. The lowest BCUT2D eigenvalue weighted by molar-refractivity contribution is -0.119. The number of carbonyl (C=O) groups is 1. The molecular weight excluding hydrogens is 273 g/mol. The molecule has 0 aliphatic heterocycles. The van der Waals surface area contributed by atoms with Gasteiger partial charge in [-0.1, -0.05) is 12.1 Å². The molecule has 1 amide bonds. The van der Waals surface area contributed by atoms with Crippen molar-refractivity contribution >= 4 is 16.9 Å². The molecule has 0 aliphatic carbocycles. The van der Waals surface area contributed by atoms with Gasteiger partial charge in [-0.2, -0.15) is 0 Å². The Hall–Kier alpha value is -2.89. The molecule has 0 saturated heterocycles. The lowest BCUT2D eigenvalue weighted by atomic mass is 10.3. The fraction of sp³-hybridized carbons (Fsp3) is 0.0667. The van der Waals surface area contributed by atoms with E-state index in [4.69, 9.17) is 4.74 Å². The number of benzene rings is 2. The monoisotopic (exact) mass is 285 g/mol. The molecule has 3 aromatic rings. The number of halogens is 1. The number of para-hydroxylation sites is 2. The first kappa shape index (κ1) is 13.1. The normalized spacial score (nSPS) is 10.5. The highest BCUT2D eigenvalue weighted by atomic mass is 19.1. The number of rotatable bonds is 4. The van der Waals surface area contributed by atoms with Crippen molar-refractivity contribution in [2.24, 2.45) is 0 Å². The third-order valence-corrected chi connectivity index (χ3v) is 2.88. The van der Waals surface area contributed by atoms with Crippen LogP contribution >= 0.6 is 0 Å². The third-order valence-electron chi connectivity index (χ3n) is 2.88. The van der Waals surface area contributed by atoms with Crippen LogP contribution in [0.5, 0.6) is 5.75 Å². The van der Waals surface area contributed by atoms with Crippen molar-refractivity contribution in [3.05, 3.63) is 60.7 Å². The minimum absolute atomic E-state index is 0.169. The molecule has 0 saturated carbocycles. The fourth-order valence-corrected chi connectivity index (χ4v) is 1.89. The van der Waals surface area contributed by atoms with Crippen molar-refractivity contribution in [2.45, 2.75) is 0 Å². The SMILES string of the molecule is O=C(COc1ccc(F)cc1)Nn1cnc2ccccc21. The van der Waals surface area contributed by atoms with Crippen LogP contribution in [0.25, 0.3) is 11.0 Å². The zero-order valence-corrected chi connectivity index (χ0v) is 11.0. The maximum atomic E-state index is 12.7. The Morgan fingerprint density at radius 1 is 1.19 bits per heavy atom. The number of hydrogen-bond donors (Lipinski definition) is 1. The Morgan fingerprint density at radius 2 is 1.95 bits per heavy atom. The minimum Gasteiger partial charge on any atom is -0.484 e. The van der Waals surface area contributed by atoms with Crippen LogP contribution in [0, 0.1) is 5.82 Å². The van der Waals surface area contributed by atoms with E-state index < -0.39 is 0 Å². The van der Waals surface area contributed by atoms with Gasteiger partial charge in [0.1, 0.15) is 17.9 Å². The highest BCUT2D eigenvalue weighted by Crippen LogP contribution is 2.11. The van der Waals surface area contributed by atoms with Gasteiger partial charge in [0.15, 0.2) is 6.61 Å². The first-order valence-electron chi connectivity index (χ1n) is 6.33. The predicted octanol–water partition coefficient (Wildman–Crippen LogP) is 2.32. The molecule has 0 radical (unpaired) electrons. The lowest BCUT2D eigenvalue weighted by Gasteiger charge is -2.08. The molecule has 1 N–H and O–H groups in total. The van der Waals surface area contributed by atoms with Gasteiger partial charge in [0.05, 0.1) is 11.0 Å². The van der Waals surface area contributed by atoms with E-state index in [1.165, 1.54) is 35.3 Å². The van der Waals surface area contributed by atoms with E-state index in [1.807, 2.05) is 24.3 Å². The van der Waals surface area contributed by atoms with Crippen molar-refractivity contribution in [3.63, 3.8) is 0 Å². The number of aromatic nitrogens is 2. The first-order valence-corrected chi connectivity index (χ1v) is 6.33. The average molecular weight is 285 g/mol. The van der Waals surface area contributed by atoms with Crippen molar-refractivity contribution in [1.29, 1.82) is 0 Å². The molecule has 3 rings (SSSR count). The highest BCUT2D eigenvalue weighted by molar-refractivity contribution is 5.87. The molecule has 1 heterocycles. The molecule has 5 nitrogen and oxygen atoms in total. The van der Waals surface area contributed by atoms with Crippen LogP contribution in [0.4, 0.5) is 4.39 Å². The summed E-state index contributed by atoms with van der Waals surface area (Å²) in [5.41, 5.74) is 4.25. The molecule has 0 bridgehead atoms. The topological polar surface area (TPSA) is 56.1 Å². The van der Waals surface area contributed by atoms with Crippen LogP contribution in [0.1, 0.15) is 0 Å². The van der Waals surface area contributed by atoms with Crippen LogP contribution < -0.4 is 10.2 Å². The van der Waals surface area contributed by atoms with E-state index in [1.54, 1.807) is 0 Å². The summed E-state index contributed by atoms with van der Waals surface area (Å²) in [5.74, 6) is -0.249. The number of ether oxygens (including phenoxy) is 1. The molecule has 0 atom stereocenters. The summed E-state index contributed by atoms with van der Waals surface area (Å²) in [7, 11) is 0. The third kappa shape index (κ3) is 3.00. The van der Waals surface area contributed by atoms with Gasteiger partial charge in [0.25, 0.3) is 5.91 Å². The number of fused-ring (bicyclic) bond motifs is 1. The summed E-state index contributed by atoms with van der Waals surface area (Å²) in [6, 6.07) is 12.9. The minimum atomic E-state index is -0.350. The molecular formula is C15H12FN3O2. The van der Waals surface area contributed by atoms with Gasteiger partial charge < -0.3 is 4.74 Å². The van der Waals surface area contributed by atoms with Gasteiger partial charge in [-0.3, -0.25) is 10.2 Å². The Morgan fingerprint density at radius 3 is 2.76 bits per heavy atom. The number of hydrogen-bond acceptors (Lipinski definition) is 3. The predicted molar refractivity (Wildman–Crippen MR) is 76.0 cm³/mol. The summed E-state index contributed by atoms with van der Waals surface area (Å²) in [5, 5.41) is 0. The maximum Gasteiger partial charge on any atom is 0.276 e. The standard InChI is InChI=1S/C15H12FN3O2/c16-11-5-7-12(8-6-11)21-9-15(20)18-19-10-17-13-3-1-2-4-14(13)19/h1-8,10H,9H2,(H,18,20). The van der Waals surface area contributed by atoms with Gasteiger partial charge in [-0.15, -0.1) is 0 Å². The van der Waals surface area contributed by atoms with Gasteiger partial charge in [-0.25, -0.2) is 14.1 Å². The number of carbonyl (C=O) groups excluding carboxylic acids is 1. The van der Waals surface area contributed by atoms with Crippen molar-refractivity contribution in [1.82, 2.24) is 9.66 Å².